The summed E-state index contributed by atoms with van der Waals surface area (Å²) in [6, 6.07) is 3.58. The first-order valence-electron chi connectivity index (χ1n) is 5.29. The third-order valence-corrected chi connectivity index (χ3v) is 2.11. The van der Waals surface area contributed by atoms with Gasteiger partial charge in [0.15, 0.2) is 0 Å². The molecule has 0 fully saturated rings. The van der Waals surface area contributed by atoms with Crippen LogP contribution >= 0.6 is 0 Å². The Labute approximate surface area is 95.3 Å². The van der Waals surface area contributed by atoms with Crippen LogP contribution in [0.2, 0.25) is 0 Å². The van der Waals surface area contributed by atoms with Crippen molar-refractivity contribution in [2.45, 2.75) is 19.9 Å². The highest BCUT2D eigenvalue weighted by molar-refractivity contribution is 5.22. The van der Waals surface area contributed by atoms with Gasteiger partial charge in [-0.1, -0.05) is 25.1 Å². The van der Waals surface area contributed by atoms with Crippen molar-refractivity contribution in [3.8, 4) is 0 Å². The van der Waals surface area contributed by atoms with E-state index < -0.39 is 0 Å². The first-order chi connectivity index (χ1) is 7.79. The number of aromatic nitrogens is 4. The topological polar surface area (TPSA) is 69.6 Å². The highest BCUT2D eigenvalue weighted by atomic mass is 15.4. The molecule has 0 aromatic carbocycles. The van der Waals surface area contributed by atoms with Gasteiger partial charge in [-0.15, -0.1) is 5.10 Å². The van der Waals surface area contributed by atoms with Crippen molar-refractivity contribution in [3.63, 3.8) is 0 Å². The minimum Gasteiger partial charge on any atom is -0.319 e. The van der Waals surface area contributed by atoms with Crippen LogP contribution in [-0.4, -0.2) is 20.0 Å². The molecule has 86 valence electrons. The van der Waals surface area contributed by atoms with Crippen LogP contribution in [0.15, 0.2) is 30.7 Å². The molecule has 5 nitrogen and oxygen atoms in total. The van der Waals surface area contributed by atoms with Gasteiger partial charge in [0, 0.05) is 19.4 Å². The van der Waals surface area contributed by atoms with Crippen LogP contribution in [-0.2, 0) is 7.05 Å². The Morgan fingerprint density at radius 3 is 2.56 bits per heavy atom. The molecular formula is C11H17N5. The van der Waals surface area contributed by atoms with E-state index in [1.54, 1.807) is 23.3 Å². The standard InChI is InChI=1S/C9H11N5.C2H6/c1-14-8(6-12-13-14)9(10)7-3-2-4-11-5-7;1-2/h2-6,9H,10H2,1H3;1-2H3. The van der Waals surface area contributed by atoms with E-state index in [4.69, 9.17) is 5.73 Å². The monoisotopic (exact) mass is 219 g/mol. The van der Waals surface area contributed by atoms with E-state index in [9.17, 15) is 0 Å². The summed E-state index contributed by atoms with van der Waals surface area (Å²) in [5, 5.41) is 7.61. The second-order valence-electron chi connectivity index (χ2n) is 3.05. The molecule has 0 aliphatic carbocycles. The number of nitrogens with two attached hydrogens (primary N) is 1. The molecule has 0 spiro atoms. The number of hydrogen-bond acceptors (Lipinski definition) is 4. The fourth-order valence-electron chi connectivity index (χ4n) is 1.31. The van der Waals surface area contributed by atoms with Crippen molar-refractivity contribution >= 4 is 0 Å². The number of aryl methyl sites for hydroxylation is 1. The van der Waals surface area contributed by atoms with Crippen molar-refractivity contribution < 1.29 is 0 Å². The van der Waals surface area contributed by atoms with E-state index in [1.165, 1.54) is 0 Å². The predicted octanol–water partition coefficient (Wildman–Crippen LogP) is 1.28. The van der Waals surface area contributed by atoms with Crippen LogP contribution < -0.4 is 5.73 Å². The fraction of sp³-hybridized carbons (Fsp3) is 0.364. The summed E-state index contributed by atoms with van der Waals surface area (Å²) >= 11 is 0. The summed E-state index contributed by atoms with van der Waals surface area (Å²) in [5.41, 5.74) is 7.85. The number of hydrogen-bond donors (Lipinski definition) is 1. The number of pyridine rings is 1. The van der Waals surface area contributed by atoms with Gasteiger partial charge in [0.1, 0.15) is 0 Å². The van der Waals surface area contributed by atoms with E-state index in [0.717, 1.165) is 11.3 Å². The fourth-order valence-corrected chi connectivity index (χ4v) is 1.31. The second kappa shape index (κ2) is 5.97. The lowest BCUT2D eigenvalue weighted by molar-refractivity contribution is 0.650. The molecule has 16 heavy (non-hydrogen) atoms. The lowest BCUT2D eigenvalue weighted by atomic mass is 10.1. The van der Waals surface area contributed by atoms with E-state index in [0.29, 0.717) is 0 Å². The highest BCUT2D eigenvalue weighted by Crippen LogP contribution is 2.15. The Hall–Kier alpha value is -1.75. The maximum atomic E-state index is 6.02. The predicted molar refractivity (Wildman–Crippen MR) is 62.6 cm³/mol. The van der Waals surface area contributed by atoms with Crippen molar-refractivity contribution in [1.82, 2.24) is 20.0 Å². The van der Waals surface area contributed by atoms with Gasteiger partial charge in [-0.05, 0) is 11.6 Å². The van der Waals surface area contributed by atoms with Gasteiger partial charge >= 0.3 is 0 Å². The molecule has 0 saturated heterocycles. The smallest absolute Gasteiger partial charge is 0.0797 e. The van der Waals surface area contributed by atoms with Crippen LogP contribution in [0.1, 0.15) is 31.1 Å². The van der Waals surface area contributed by atoms with E-state index in [1.807, 2.05) is 33.0 Å². The van der Waals surface area contributed by atoms with Crippen molar-refractivity contribution in [2.75, 3.05) is 0 Å². The highest BCUT2D eigenvalue weighted by Gasteiger charge is 2.12. The summed E-state index contributed by atoms with van der Waals surface area (Å²) in [5.74, 6) is 0. The average molecular weight is 219 g/mol. The Morgan fingerprint density at radius 1 is 1.31 bits per heavy atom. The van der Waals surface area contributed by atoms with Crippen LogP contribution in [0.3, 0.4) is 0 Å². The van der Waals surface area contributed by atoms with E-state index >= 15 is 0 Å². The van der Waals surface area contributed by atoms with E-state index in [2.05, 4.69) is 15.3 Å². The van der Waals surface area contributed by atoms with Gasteiger partial charge in [-0.3, -0.25) is 9.67 Å². The van der Waals surface area contributed by atoms with Gasteiger partial charge in [0.2, 0.25) is 0 Å². The van der Waals surface area contributed by atoms with Crippen molar-refractivity contribution in [3.05, 3.63) is 42.0 Å². The first-order valence-corrected chi connectivity index (χ1v) is 5.29. The minimum atomic E-state index is -0.219. The summed E-state index contributed by atoms with van der Waals surface area (Å²) in [4.78, 5) is 4.02. The van der Waals surface area contributed by atoms with Crippen LogP contribution in [0.25, 0.3) is 0 Å². The second-order valence-corrected chi connectivity index (χ2v) is 3.05. The third kappa shape index (κ3) is 2.64. The lowest BCUT2D eigenvalue weighted by Crippen LogP contribution is -2.15. The van der Waals surface area contributed by atoms with Crippen LogP contribution in [0.5, 0.6) is 0 Å². The molecule has 2 heterocycles. The number of nitrogens with zero attached hydrogens (tertiary/aromatic N) is 4. The maximum Gasteiger partial charge on any atom is 0.0797 e. The molecule has 2 rings (SSSR count). The average Bonchev–Trinajstić information content (AvgIpc) is 2.78. The van der Waals surface area contributed by atoms with Crippen molar-refractivity contribution in [2.24, 2.45) is 12.8 Å². The number of rotatable bonds is 2. The zero-order chi connectivity index (χ0) is 12.0. The van der Waals surface area contributed by atoms with Crippen LogP contribution in [0, 0.1) is 0 Å². The summed E-state index contributed by atoms with van der Waals surface area (Å²) in [6.45, 7) is 4.00. The minimum absolute atomic E-state index is 0.219. The molecular weight excluding hydrogens is 202 g/mol. The van der Waals surface area contributed by atoms with Gasteiger partial charge in [0.25, 0.3) is 0 Å². The summed E-state index contributed by atoms with van der Waals surface area (Å²) < 4.78 is 1.66. The summed E-state index contributed by atoms with van der Waals surface area (Å²) in [7, 11) is 1.82. The van der Waals surface area contributed by atoms with Gasteiger partial charge in [-0.25, -0.2) is 0 Å². The molecule has 2 N–H and O–H groups in total. The summed E-state index contributed by atoms with van der Waals surface area (Å²) in [6.07, 6.45) is 5.13. The largest absolute Gasteiger partial charge is 0.319 e. The van der Waals surface area contributed by atoms with Crippen molar-refractivity contribution in [1.29, 1.82) is 0 Å². The molecule has 1 atom stereocenters. The molecule has 2 aromatic rings. The lowest BCUT2D eigenvalue weighted by Gasteiger charge is -2.10. The SMILES string of the molecule is CC.Cn1nncc1C(N)c1cccnc1. The Morgan fingerprint density at radius 2 is 2.06 bits per heavy atom. The molecule has 0 aliphatic heterocycles. The maximum absolute atomic E-state index is 6.02. The molecule has 0 saturated carbocycles. The normalized spacial score (nSPS) is 11.5. The molecule has 2 aromatic heterocycles. The van der Waals surface area contributed by atoms with Gasteiger partial charge in [-0.2, -0.15) is 0 Å². The van der Waals surface area contributed by atoms with E-state index in [-0.39, 0.29) is 6.04 Å². The van der Waals surface area contributed by atoms with Gasteiger partial charge < -0.3 is 5.73 Å². The first kappa shape index (κ1) is 12.3. The molecule has 1 unspecified atom stereocenters. The Balaban J connectivity index is 0.000000606. The zero-order valence-corrected chi connectivity index (χ0v) is 9.83. The van der Waals surface area contributed by atoms with Gasteiger partial charge in [0.05, 0.1) is 17.9 Å². The Kier molecular flexibility index (Phi) is 4.60. The molecule has 0 radical (unpaired) electrons. The molecule has 0 aliphatic rings. The molecule has 0 amide bonds. The zero-order valence-electron chi connectivity index (χ0n) is 9.83. The third-order valence-electron chi connectivity index (χ3n) is 2.11. The van der Waals surface area contributed by atoms with Crippen LogP contribution in [0.4, 0.5) is 0 Å². The Bertz CT molecular complexity index is 409. The quantitative estimate of drug-likeness (QED) is 0.826. The molecule has 5 heteroatoms. The molecule has 0 bridgehead atoms.